The van der Waals surface area contributed by atoms with E-state index in [0.717, 1.165) is 18.5 Å². The Bertz CT molecular complexity index is 889. The molecule has 152 valence electrons. The van der Waals surface area contributed by atoms with E-state index in [-0.39, 0.29) is 31.1 Å². The molecule has 1 amide bonds. The Balaban J connectivity index is 1.38. The molecule has 1 spiro atoms. The molecule has 28 heavy (non-hydrogen) atoms. The van der Waals surface area contributed by atoms with Gasteiger partial charge < -0.3 is 9.64 Å². The molecule has 4 fully saturated rings. The first-order valence-electron chi connectivity index (χ1n) is 9.56. The van der Waals surface area contributed by atoms with E-state index < -0.39 is 20.9 Å². The van der Waals surface area contributed by atoms with Gasteiger partial charge in [-0.2, -0.15) is 4.31 Å². The lowest BCUT2D eigenvalue weighted by molar-refractivity contribution is -0.152. The van der Waals surface area contributed by atoms with E-state index in [1.54, 1.807) is 17.0 Å². The van der Waals surface area contributed by atoms with Crippen molar-refractivity contribution in [1.82, 2.24) is 20.1 Å². The van der Waals surface area contributed by atoms with E-state index in [0.29, 0.717) is 24.5 Å². The highest BCUT2D eigenvalue weighted by Gasteiger charge is 2.65. The number of carbonyl (C=O) groups excluding carboxylic acids is 1. The largest absolute Gasteiger partial charge is 0.365 e. The number of sulfonamides is 1. The van der Waals surface area contributed by atoms with Crippen LogP contribution in [0.4, 0.5) is 0 Å². The summed E-state index contributed by atoms with van der Waals surface area (Å²) >= 11 is 5.93. The van der Waals surface area contributed by atoms with Crippen molar-refractivity contribution in [3.8, 4) is 0 Å². The monoisotopic (exact) mass is 426 g/mol. The van der Waals surface area contributed by atoms with Crippen LogP contribution in [0.25, 0.3) is 0 Å². The van der Waals surface area contributed by atoms with Gasteiger partial charge in [-0.05, 0) is 30.5 Å². The van der Waals surface area contributed by atoms with Gasteiger partial charge in [-0.15, -0.1) is 0 Å². The van der Waals surface area contributed by atoms with Crippen molar-refractivity contribution in [3.05, 3.63) is 34.9 Å². The van der Waals surface area contributed by atoms with Crippen molar-refractivity contribution in [3.63, 3.8) is 0 Å². The van der Waals surface area contributed by atoms with Gasteiger partial charge in [-0.3, -0.25) is 10.2 Å². The molecule has 0 aromatic heterocycles. The average Bonchev–Trinajstić information content (AvgIpc) is 3.32. The van der Waals surface area contributed by atoms with Gasteiger partial charge >= 0.3 is 0 Å². The van der Waals surface area contributed by atoms with E-state index in [4.69, 9.17) is 16.3 Å². The van der Waals surface area contributed by atoms with Gasteiger partial charge in [0.2, 0.25) is 15.9 Å². The van der Waals surface area contributed by atoms with Gasteiger partial charge in [0.1, 0.15) is 16.9 Å². The number of amides is 1. The first-order chi connectivity index (χ1) is 13.4. The second-order valence-corrected chi connectivity index (χ2v) is 10.7. The smallest absolute Gasteiger partial charge is 0.241 e. The molecule has 4 saturated heterocycles. The van der Waals surface area contributed by atoms with Gasteiger partial charge in [0.05, 0.1) is 12.6 Å². The Morgan fingerprint density at radius 2 is 2.07 bits per heavy atom. The summed E-state index contributed by atoms with van der Waals surface area (Å²) in [5, 5.41) is 0.0240. The third-order valence-corrected chi connectivity index (χ3v) is 8.80. The summed E-state index contributed by atoms with van der Waals surface area (Å²) in [5.41, 5.74) is 6.03. The molecule has 2 N–H and O–H groups in total. The molecular formula is C18H23ClN4O4S. The summed E-state index contributed by atoms with van der Waals surface area (Å²) in [4.78, 5) is 14.7. The number of rotatable bonds is 3. The number of hydrazine groups is 1. The van der Waals surface area contributed by atoms with Crippen LogP contribution in [0.1, 0.15) is 18.4 Å². The molecule has 1 aromatic carbocycles. The molecule has 8 nitrogen and oxygen atoms in total. The molecule has 4 aliphatic rings. The summed E-state index contributed by atoms with van der Waals surface area (Å²) < 4.78 is 34.1. The van der Waals surface area contributed by atoms with Gasteiger partial charge in [0, 0.05) is 31.2 Å². The van der Waals surface area contributed by atoms with Crippen LogP contribution in [0.5, 0.6) is 0 Å². The summed E-state index contributed by atoms with van der Waals surface area (Å²) in [6, 6.07) is 6.94. The van der Waals surface area contributed by atoms with E-state index >= 15 is 0 Å². The predicted octanol–water partition coefficient (Wildman–Crippen LogP) is 0.0904. The number of morpholine rings is 1. The van der Waals surface area contributed by atoms with Crippen molar-refractivity contribution in [2.75, 3.05) is 26.2 Å². The maximum atomic E-state index is 13.2. The molecule has 4 atom stereocenters. The van der Waals surface area contributed by atoms with Crippen LogP contribution in [0.2, 0.25) is 5.02 Å². The minimum Gasteiger partial charge on any atom is -0.365 e. The van der Waals surface area contributed by atoms with Crippen LogP contribution >= 0.6 is 11.6 Å². The van der Waals surface area contributed by atoms with Crippen LogP contribution in [0.3, 0.4) is 0 Å². The fourth-order valence-electron chi connectivity index (χ4n) is 4.94. The fraction of sp³-hybridized carbons (Fsp3) is 0.611. The zero-order valence-electron chi connectivity index (χ0n) is 15.3. The molecule has 10 heteroatoms. The quantitative estimate of drug-likeness (QED) is 0.712. The summed E-state index contributed by atoms with van der Waals surface area (Å²) in [6.45, 7) is 2.10. The Hall–Kier alpha value is -1.23. The minimum absolute atomic E-state index is 0.0203. The van der Waals surface area contributed by atoms with Crippen molar-refractivity contribution < 1.29 is 17.9 Å². The maximum absolute atomic E-state index is 13.2. The summed E-state index contributed by atoms with van der Waals surface area (Å²) in [7, 11) is -3.50. The van der Waals surface area contributed by atoms with Crippen LogP contribution < -0.4 is 10.9 Å². The number of carbonyl (C=O) groups is 1. The van der Waals surface area contributed by atoms with Crippen molar-refractivity contribution in [1.29, 1.82) is 0 Å². The highest BCUT2D eigenvalue weighted by atomic mass is 35.5. The van der Waals surface area contributed by atoms with Crippen LogP contribution in [0.15, 0.2) is 24.3 Å². The Morgan fingerprint density at radius 3 is 2.79 bits per heavy atom. The number of ether oxygens (including phenoxy) is 1. The highest BCUT2D eigenvalue weighted by molar-refractivity contribution is 7.90. The number of hydrogen-bond donors (Lipinski definition) is 2. The molecule has 5 rings (SSSR count). The zero-order valence-corrected chi connectivity index (χ0v) is 16.9. The standard InChI is InChI=1S/C18H23ClN4O4S/c19-13-3-1-12(2-4-13)8-23-11-18-10-22(17(24)15-5-6-20-21-15)9-14(27-18)7-16(18)28(23,25)26/h1-4,14-16,20-21H,5-11H2/t14-,15?,16+,18+/m0/s1. The Labute approximate surface area is 169 Å². The van der Waals surface area contributed by atoms with Crippen molar-refractivity contribution >= 4 is 27.5 Å². The van der Waals surface area contributed by atoms with Crippen molar-refractivity contribution in [2.45, 2.75) is 42.4 Å². The summed E-state index contributed by atoms with van der Waals surface area (Å²) in [5.74, 6) is 0.0203. The van der Waals surface area contributed by atoms with E-state index in [9.17, 15) is 13.2 Å². The Kier molecular flexibility index (Phi) is 4.46. The van der Waals surface area contributed by atoms with Gasteiger partial charge in [0.25, 0.3) is 0 Å². The molecule has 0 saturated carbocycles. The SMILES string of the molecule is O=C(C1CCNN1)N1C[C@@H]2C[C@@H]3[C@@](C1)(CN(Cc1ccc(Cl)cc1)S3(=O)=O)O2. The van der Waals surface area contributed by atoms with Crippen LogP contribution in [0, 0.1) is 0 Å². The van der Waals surface area contributed by atoms with Gasteiger partial charge in [0.15, 0.2) is 0 Å². The molecule has 4 heterocycles. The second-order valence-electron chi connectivity index (χ2n) is 8.10. The third kappa shape index (κ3) is 2.96. The van der Waals surface area contributed by atoms with E-state index in [1.165, 1.54) is 4.31 Å². The normalized spacial score (nSPS) is 36.6. The molecule has 1 aromatic rings. The molecular weight excluding hydrogens is 404 g/mol. The molecule has 0 radical (unpaired) electrons. The lowest BCUT2D eigenvalue weighted by Crippen LogP contribution is -2.59. The molecule has 1 unspecified atom stereocenters. The predicted molar refractivity (Wildman–Crippen MR) is 103 cm³/mol. The third-order valence-electron chi connectivity index (χ3n) is 6.23. The number of hydrogen-bond acceptors (Lipinski definition) is 6. The van der Waals surface area contributed by atoms with Gasteiger partial charge in [-0.25, -0.2) is 13.8 Å². The lowest BCUT2D eigenvalue weighted by Gasteiger charge is -2.40. The fourth-order valence-corrected chi connectivity index (χ4v) is 7.36. The summed E-state index contributed by atoms with van der Waals surface area (Å²) in [6.07, 6.45) is 0.960. The average molecular weight is 427 g/mol. The zero-order chi connectivity index (χ0) is 19.5. The highest BCUT2D eigenvalue weighted by Crippen LogP contribution is 2.47. The number of fused-ring (bicyclic) bond motifs is 1. The lowest BCUT2D eigenvalue weighted by atomic mass is 9.99. The molecule has 0 aliphatic carbocycles. The molecule has 2 bridgehead atoms. The van der Waals surface area contributed by atoms with Crippen LogP contribution in [-0.2, 0) is 26.1 Å². The Morgan fingerprint density at radius 1 is 1.29 bits per heavy atom. The van der Waals surface area contributed by atoms with E-state index in [2.05, 4.69) is 10.9 Å². The number of benzene rings is 1. The van der Waals surface area contributed by atoms with Crippen LogP contribution in [-0.4, -0.2) is 72.7 Å². The maximum Gasteiger partial charge on any atom is 0.241 e. The minimum atomic E-state index is -3.50. The van der Waals surface area contributed by atoms with Gasteiger partial charge in [-0.1, -0.05) is 23.7 Å². The number of nitrogens with one attached hydrogen (secondary N) is 2. The van der Waals surface area contributed by atoms with Crippen molar-refractivity contribution in [2.24, 2.45) is 0 Å². The number of halogens is 1. The first kappa shape index (κ1) is 18.8. The first-order valence-corrected chi connectivity index (χ1v) is 11.4. The topological polar surface area (TPSA) is 91.0 Å². The molecule has 4 aliphatic heterocycles. The second kappa shape index (κ2) is 6.65. The van der Waals surface area contributed by atoms with E-state index in [1.807, 2.05) is 12.1 Å². The number of nitrogens with zero attached hydrogens (tertiary/aromatic N) is 2. The number of likely N-dealkylation sites (tertiary alicyclic amines) is 1.